The fraction of sp³-hybridized carbons (Fsp3) is 0.273. The number of rotatable bonds is 4. The second kappa shape index (κ2) is 5.38. The third-order valence-corrected chi connectivity index (χ3v) is 2.24. The second-order valence-corrected chi connectivity index (χ2v) is 3.33. The highest BCUT2D eigenvalue weighted by atomic mass is 19.2. The molecule has 0 amide bonds. The molecule has 1 aromatic carbocycles. The third kappa shape index (κ3) is 2.99. The summed E-state index contributed by atoms with van der Waals surface area (Å²) in [5.41, 5.74) is -0.178. The summed E-state index contributed by atoms with van der Waals surface area (Å²) < 4.78 is 30.4. The van der Waals surface area contributed by atoms with E-state index in [4.69, 9.17) is 5.11 Å². The molecule has 0 aromatic heterocycles. The predicted octanol–water partition coefficient (Wildman–Crippen LogP) is 1.38. The van der Waals surface area contributed by atoms with Gasteiger partial charge in [-0.1, -0.05) is 12.1 Å². The Morgan fingerprint density at radius 1 is 1.41 bits per heavy atom. The van der Waals surface area contributed by atoms with E-state index in [2.05, 4.69) is 4.74 Å². The monoisotopic (exact) mass is 244 g/mol. The molecule has 0 saturated carbocycles. The smallest absolute Gasteiger partial charge is 0.320 e. The van der Waals surface area contributed by atoms with E-state index in [9.17, 15) is 18.4 Å². The van der Waals surface area contributed by atoms with Gasteiger partial charge in [0, 0.05) is 0 Å². The van der Waals surface area contributed by atoms with Crippen molar-refractivity contribution >= 4 is 11.9 Å². The molecule has 0 aliphatic heterocycles. The van der Waals surface area contributed by atoms with Crippen LogP contribution in [-0.4, -0.2) is 24.2 Å². The molecule has 92 valence electrons. The van der Waals surface area contributed by atoms with Crippen LogP contribution in [0.25, 0.3) is 0 Å². The number of halogens is 2. The minimum Gasteiger partial charge on any atom is -0.481 e. The van der Waals surface area contributed by atoms with Gasteiger partial charge >= 0.3 is 11.9 Å². The Labute approximate surface area is 95.8 Å². The molecule has 1 N–H and O–H groups in total. The van der Waals surface area contributed by atoms with Crippen LogP contribution in [0.3, 0.4) is 0 Å². The summed E-state index contributed by atoms with van der Waals surface area (Å²) in [6.45, 7) is 0. The van der Waals surface area contributed by atoms with Crippen LogP contribution in [0.15, 0.2) is 18.2 Å². The lowest BCUT2D eigenvalue weighted by molar-refractivity contribution is -0.156. The number of carbonyl (C=O) groups excluding carboxylic acids is 1. The predicted molar refractivity (Wildman–Crippen MR) is 53.2 cm³/mol. The Morgan fingerprint density at radius 2 is 2.06 bits per heavy atom. The zero-order valence-electron chi connectivity index (χ0n) is 8.94. The van der Waals surface area contributed by atoms with Crippen molar-refractivity contribution in [3.05, 3.63) is 35.4 Å². The van der Waals surface area contributed by atoms with Crippen molar-refractivity contribution in [3.8, 4) is 0 Å². The van der Waals surface area contributed by atoms with E-state index in [1.54, 1.807) is 0 Å². The zero-order valence-corrected chi connectivity index (χ0v) is 8.94. The van der Waals surface area contributed by atoms with Crippen LogP contribution in [0.2, 0.25) is 0 Å². The average Bonchev–Trinajstić information content (AvgIpc) is 2.29. The van der Waals surface area contributed by atoms with Crippen molar-refractivity contribution in [3.63, 3.8) is 0 Å². The fourth-order valence-electron chi connectivity index (χ4n) is 1.34. The van der Waals surface area contributed by atoms with Gasteiger partial charge in [0.15, 0.2) is 17.6 Å². The van der Waals surface area contributed by atoms with E-state index in [1.165, 1.54) is 12.1 Å². The van der Waals surface area contributed by atoms with Gasteiger partial charge in [-0.2, -0.15) is 0 Å². The van der Waals surface area contributed by atoms with Gasteiger partial charge in [0.25, 0.3) is 0 Å². The molecule has 0 fully saturated rings. The molecular formula is C11H10F2O4. The standard InChI is InChI=1S/C11H10F2O4/c1-17-11(16)7(10(14)15)5-6-3-2-4-8(12)9(6)13/h2-4,7H,5H2,1H3,(H,14,15). The molecule has 0 spiro atoms. The summed E-state index contributed by atoms with van der Waals surface area (Å²) in [5, 5.41) is 8.78. The van der Waals surface area contributed by atoms with Crippen molar-refractivity contribution in [2.45, 2.75) is 6.42 Å². The van der Waals surface area contributed by atoms with Crippen LogP contribution in [0.5, 0.6) is 0 Å². The van der Waals surface area contributed by atoms with Gasteiger partial charge in [0.2, 0.25) is 0 Å². The van der Waals surface area contributed by atoms with Gasteiger partial charge in [-0.05, 0) is 18.1 Å². The van der Waals surface area contributed by atoms with Crippen LogP contribution in [0.4, 0.5) is 8.78 Å². The number of carboxylic acid groups (broad SMARTS) is 1. The van der Waals surface area contributed by atoms with Crippen LogP contribution in [-0.2, 0) is 20.7 Å². The average molecular weight is 244 g/mol. The lowest BCUT2D eigenvalue weighted by atomic mass is 9.99. The Balaban J connectivity index is 2.98. The number of carboxylic acids is 1. The minimum absolute atomic E-state index is 0.178. The highest BCUT2D eigenvalue weighted by Gasteiger charge is 2.28. The molecule has 6 heteroatoms. The Hall–Kier alpha value is -1.98. The molecule has 1 atom stereocenters. The molecule has 1 unspecified atom stereocenters. The van der Waals surface area contributed by atoms with Crippen molar-refractivity contribution < 1.29 is 28.2 Å². The Morgan fingerprint density at radius 3 is 2.59 bits per heavy atom. The molecule has 1 aromatic rings. The Kier molecular flexibility index (Phi) is 4.14. The summed E-state index contributed by atoms with van der Waals surface area (Å²) in [4.78, 5) is 21.9. The number of methoxy groups -OCH3 is 1. The van der Waals surface area contributed by atoms with Crippen LogP contribution < -0.4 is 0 Å². The molecule has 0 bridgehead atoms. The van der Waals surface area contributed by atoms with Gasteiger partial charge in [-0.25, -0.2) is 8.78 Å². The first-order valence-corrected chi connectivity index (χ1v) is 4.71. The first-order valence-electron chi connectivity index (χ1n) is 4.71. The van der Waals surface area contributed by atoms with Gasteiger partial charge in [-0.3, -0.25) is 9.59 Å². The molecule has 1 rings (SSSR count). The molecule has 0 heterocycles. The van der Waals surface area contributed by atoms with Crippen molar-refractivity contribution in [1.29, 1.82) is 0 Å². The summed E-state index contributed by atoms with van der Waals surface area (Å²) in [6.07, 6.45) is -0.453. The fourth-order valence-corrected chi connectivity index (χ4v) is 1.34. The topological polar surface area (TPSA) is 63.6 Å². The summed E-state index contributed by atoms with van der Waals surface area (Å²) in [7, 11) is 1.03. The molecule has 17 heavy (non-hydrogen) atoms. The van der Waals surface area contributed by atoms with Gasteiger partial charge in [-0.15, -0.1) is 0 Å². The van der Waals surface area contributed by atoms with Crippen molar-refractivity contribution in [2.24, 2.45) is 5.92 Å². The summed E-state index contributed by atoms with van der Waals surface area (Å²) in [5.74, 6) is -6.22. The van der Waals surface area contributed by atoms with E-state index in [0.717, 1.165) is 13.2 Å². The van der Waals surface area contributed by atoms with Crippen molar-refractivity contribution in [2.75, 3.05) is 7.11 Å². The molecule has 0 saturated heterocycles. The van der Waals surface area contributed by atoms with Crippen LogP contribution in [0.1, 0.15) is 5.56 Å². The quantitative estimate of drug-likeness (QED) is 0.642. The normalized spacial score (nSPS) is 11.9. The highest BCUT2D eigenvalue weighted by Crippen LogP contribution is 2.16. The van der Waals surface area contributed by atoms with E-state index in [1.807, 2.05) is 0 Å². The van der Waals surface area contributed by atoms with E-state index in [0.29, 0.717) is 0 Å². The largest absolute Gasteiger partial charge is 0.481 e. The molecule has 0 aliphatic carbocycles. The lowest BCUT2D eigenvalue weighted by Gasteiger charge is -2.10. The first kappa shape index (κ1) is 13.1. The van der Waals surface area contributed by atoms with E-state index >= 15 is 0 Å². The molecule has 4 nitrogen and oxygen atoms in total. The Bertz CT molecular complexity index is 445. The van der Waals surface area contributed by atoms with E-state index < -0.39 is 35.9 Å². The maximum atomic E-state index is 13.3. The van der Waals surface area contributed by atoms with Crippen LogP contribution >= 0.6 is 0 Å². The summed E-state index contributed by atoms with van der Waals surface area (Å²) in [6, 6.07) is 3.37. The van der Waals surface area contributed by atoms with Gasteiger partial charge < -0.3 is 9.84 Å². The van der Waals surface area contributed by atoms with Crippen molar-refractivity contribution in [1.82, 2.24) is 0 Å². The van der Waals surface area contributed by atoms with Crippen LogP contribution in [0, 0.1) is 17.6 Å². The highest BCUT2D eigenvalue weighted by molar-refractivity contribution is 5.94. The number of hydrogen-bond acceptors (Lipinski definition) is 3. The molecular weight excluding hydrogens is 234 g/mol. The SMILES string of the molecule is COC(=O)C(Cc1cccc(F)c1F)C(=O)O. The van der Waals surface area contributed by atoms with E-state index in [-0.39, 0.29) is 5.56 Å². The number of aliphatic carboxylic acids is 1. The summed E-state index contributed by atoms with van der Waals surface area (Å²) >= 11 is 0. The second-order valence-electron chi connectivity index (χ2n) is 3.33. The zero-order chi connectivity index (χ0) is 13.0. The third-order valence-electron chi connectivity index (χ3n) is 2.24. The maximum absolute atomic E-state index is 13.3. The molecule has 0 aliphatic rings. The van der Waals surface area contributed by atoms with Gasteiger partial charge in [0.1, 0.15) is 0 Å². The number of hydrogen-bond donors (Lipinski definition) is 1. The number of esters is 1. The lowest BCUT2D eigenvalue weighted by Crippen LogP contribution is -2.27. The number of ether oxygens (including phenoxy) is 1. The maximum Gasteiger partial charge on any atom is 0.320 e. The molecule has 0 radical (unpaired) electrons. The minimum atomic E-state index is -1.55. The van der Waals surface area contributed by atoms with Gasteiger partial charge in [0.05, 0.1) is 7.11 Å². The first-order chi connectivity index (χ1) is 7.97. The number of carbonyl (C=O) groups is 2. The number of benzene rings is 1.